The van der Waals surface area contributed by atoms with Crippen molar-refractivity contribution < 1.29 is 18.7 Å². The van der Waals surface area contributed by atoms with Gasteiger partial charge in [0, 0.05) is 25.0 Å². The molecule has 1 aromatic heterocycles. The molecular weight excluding hydrogens is 344 g/mol. The maximum absolute atomic E-state index is 13.3. The van der Waals surface area contributed by atoms with Crippen LogP contribution in [0.3, 0.4) is 0 Å². The molecule has 1 aliphatic rings. The molecule has 0 spiro atoms. The summed E-state index contributed by atoms with van der Waals surface area (Å²) in [5.41, 5.74) is 2.08. The van der Waals surface area contributed by atoms with Crippen molar-refractivity contribution in [3.8, 4) is 5.75 Å². The minimum atomic E-state index is -0.761. The van der Waals surface area contributed by atoms with Crippen LogP contribution in [0.1, 0.15) is 16.1 Å². The monoisotopic (exact) mass is 364 g/mol. The first kappa shape index (κ1) is 17.1. The molecule has 138 valence electrons. The van der Waals surface area contributed by atoms with Gasteiger partial charge in [-0.3, -0.25) is 14.5 Å². The first-order chi connectivity index (χ1) is 13.0. The predicted octanol–water partition coefficient (Wildman–Crippen LogP) is 3.24. The number of furan rings is 1. The minimum absolute atomic E-state index is 0.128. The fourth-order valence-electron chi connectivity index (χ4n) is 3.34. The van der Waals surface area contributed by atoms with Crippen LogP contribution >= 0.6 is 0 Å². The fraction of sp³-hybridized carbons (Fsp3) is 0.238. The second-order valence-electron chi connectivity index (χ2n) is 6.77. The number of rotatable bonds is 2. The highest BCUT2D eigenvalue weighted by Crippen LogP contribution is 2.36. The number of benzene rings is 2. The molecular formula is C21H20N2O4. The number of carbonyl (C=O) groups is 2. The van der Waals surface area contributed by atoms with Crippen LogP contribution in [0, 0.1) is 6.92 Å². The Balaban J connectivity index is 1.77. The number of hydrogen-bond acceptors (Lipinski definition) is 4. The molecule has 0 fully saturated rings. The molecule has 0 saturated carbocycles. The van der Waals surface area contributed by atoms with E-state index in [0.29, 0.717) is 17.0 Å². The molecule has 3 aromatic rings. The zero-order chi connectivity index (χ0) is 19.1. The molecule has 0 aliphatic carbocycles. The molecule has 2 amide bonds. The van der Waals surface area contributed by atoms with Gasteiger partial charge in [0.05, 0.1) is 12.2 Å². The summed E-state index contributed by atoms with van der Waals surface area (Å²) in [7, 11) is 3.34. The molecule has 4 rings (SSSR count). The molecule has 6 nitrogen and oxygen atoms in total. The van der Waals surface area contributed by atoms with Crippen molar-refractivity contribution in [1.29, 1.82) is 0 Å². The Morgan fingerprint density at radius 2 is 1.78 bits per heavy atom. The molecule has 1 aliphatic heterocycles. The summed E-state index contributed by atoms with van der Waals surface area (Å²) in [6.07, 6.45) is -0.761. The summed E-state index contributed by atoms with van der Waals surface area (Å²) in [6, 6.07) is 14.8. The van der Waals surface area contributed by atoms with Crippen LogP contribution in [0.4, 0.5) is 5.69 Å². The first-order valence-corrected chi connectivity index (χ1v) is 8.74. The van der Waals surface area contributed by atoms with Crippen molar-refractivity contribution in [2.75, 3.05) is 25.5 Å². The van der Waals surface area contributed by atoms with E-state index in [4.69, 9.17) is 9.15 Å². The summed E-state index contributed by atoms with van der Waals surface area (Å²) < 4.78 is 11.7. The highest BCUT2D eigenvalue weighted by Gasteiger charge is 2.36. The van der Waals surface area contributed by atoms with Crippen molar-refractivity contribution in [2.24, 2.45) is 0 Å². The highest BCUT2D eigenvalue weighted by molar-refractivity contribution is 6.09. The smallest absolute Gasteiger partial charge is 0.294 e. The normalized spacial score (nSPS) is 16.0. The van der Waals surface area contributed by atoms with Gasteiger partial charge in [0.1, 0.15) is 11.3 Å². The van der Waals surface area contributed by atoms with Gasteiger partial charge in [0.25, 0.3) is 11.8 Å². The molecule has 0 saturated heterocycles. The third kappa shape index (κ3) is 2.83. The first-order valence-electron chi connectivity index (χ1n) is 8.74. The number of ether oxygens (including phenoxy) is 1. The lowest BCUT2D eigenvalue weighted by Gasteiger charge is -2.34. The van der Waals surface area contributed by atoms with Crippen LogP contribution in [0.15, 0.2) is 52.9 Å². The zero-order valence-electron chi connectivity index (χ0n) is 15.4. The lowest BCUT2D eigenvalue weighted by Crippen LogP contribution is -2.50. The fourth-order valence-corrected chi connectivity index (χ4v) is 3.34. The Hall–Kier alpha value is -3.28. The summed E-state index contributed by atoms with van der Waals surface area (Å²) in [5, 5.41) is 0.906. The van der Waals surface area contributed by atoms with Crippen LogP contribution in [-0.4, -0.2) is 43.5 Å². The van der Waals surface area contributed by atoms with Gasteiger partial charge in [-0.15, -0.1) is 0 Å². The van der Waals surface area contributed by atoms with Gasteiger partial charge in [-0.2, -0.15) is 0 Å². The number of para-hydroxylation sites is 3. The van der Waals surface area contributed by atoms with Gasteiger partial charge >= 0.3 is 0 Å². The number of fused-ring (bicyclic) bond motifs is 2. The number of likely N-dealkylation sites (N-methyl/N-ethyl adjacent to an activating group) is 1. The maximum atomic E-state index is 13.3. The molecule has 2 heterocycles. The summed E-state index contributed by atoms with van der Waals surface area (Å²) in [5.74, 6) is 0.314. The van der Waals surface area contributed by atoms with E-state index in [-0.39, 0.29) is 24.1 Å². The Kier molecular flexibility index (Phi) is 4.11. The van der Waals surface area contributed by atoms with Crippen molar-refractivity contribution in [2.45, 2.75) is 13.0 Å². The van der Waals surface area contributed by atoms with Gasteiger partial charge in [-0.05, 0) is 25.1 Å². The van der Waals surface area contributed by atoms with E-state index < -0.39 is 6.10 Å². The minimum Gasteiger partial charge on any atom is -0.476 e. The highest BCUT2D eigenvalue weighted by atomic mass is 16.5. The van der Waals surface area contributed by atoms with Gasteiger partial charge in [-0.25, -0.2) is 0 Å². The summed E-state index contributed by atoms with van der Waals surface area (Å²) >= 11 is 0. The van der Waals surface area contributed by atoms with E-state index >= 15 is 0 Å². The lowest BCUT2D eigenvalue weighted by molar-refractivity contribution is -0.135. The van der Waals surface area contributed by atoms with Crippen LogP contribution in [0.2, 0.25) is 0 Å². The van der Waals surface area contributed by atoms with Gasteiger partial charge in [0.15, 0.2) is 11.9 Å². The van der Waals surface area contributed by atoms with Crippen LogP contribution in [0.5, 0.6) is 5.75 Å². The average Bonchev–Trinajstić information content (AvgIpc) is 3.02. The second-order valence-corrected chi connectivity index (χ2v) is 6.77. The number of amides is 2. The average molecular weight is 364 g/mol. The molecule has 6 heteroatoms. The topological polar surface area (TPSA) is 63.0 Å². The van der Waals surface area contributed by atoms with Crippen molar-refractivity contribution in [3.05, 3.63) is 59.9 Å². The van der Waals surface area contributed by atoms with E-state index in [9.17, 15) is 9.59 Å². The van der Waals surface area contributed by atoms with E-state index in [2.05, 4.69) is 0 Å². The number of hydrogen-bond donors (Lipinski definition) is 0. The summed E-state index contributed by atoms with van der Waals surface area (Å²) in [6.45, 7) is 2.00. The Bertz CT molecular complexity index is 1040. The second kappa shape index (κ2) is 6.46. The molecule has 2 aromatic carbocycles. The van der Waals surface area contributed by atoms with Crippen molar-refractivity contribution in [3.63, 3.8) is 0 Å². The van der Waals surface area contributed by atoms with Crippen LogP contribution in [0.25, 0.3) is 11.0 Å². The Labute approximate surface area is 156 Å². The van der Waals surface area contributed by atoms with E-state index in [1.807, 2.05) is 49.4 Å². The molecule has 0 bridgehead atoms. The SMILES string of the molecule is Cc1c(C(=O)N2C[C@H](C(=O)N(C)C)Oc3ccccc32)oc2ccccc12. The number of anilines is 1. The summed E-state index contributed by atoms with van der Waals surface area (Å²) in [4.78, 5) is 28.8. The maximum Gasteiger partial charge on any atom is 0.294 e. The molecule has 0 unspecified atom stereocenters. The molecule has 0 radical (unpaired) electrons. The Morgan fingerprint density at radius 1 is 1.07 bits per heavy atom. The van der Waals surface area contributed by atoms with Crippen molar-refractivity contribution in [1.82, 2.24) is 4.90 Å². The van der Waals surface area contributed by atoms with Gasteiger partial charge in [-0.1, -0.05) is 30.3 Å². The third-order valence-electron chi connectivity index (χ3n) is 4.77. The molecule has 27 heavy (non-hydrogen) atoms. The van der Waals surface area contributed by atoms with E-state index in [1.165, 1.54) is 4.90 Å². The number of carbonyl (C=O) groups excluding carboxylic acids is 2. The van der Waals surface area contributed by atoms with Gasteiger partial charge < -0.3 is 14.1 Å². The molecule has 1 atom stereocenters. The standard InChI is InChI=1S/C21H20N2O4/c1-13-14-8-4-6-10-16(14)27-19(13)21(25)23-12-18(20(24)22(2)3)26-17-11-7-5-9-15(17)23/h4-11,18H,12H2,1-3H3/t18-/m1/s1. The quantitative estimate of drug-likeness (QED) is 0.700. The van der Waals surface area contributed by atoms with Crippen molar-refractivity contribution >= 4 is 28.5 Å². The Morgan fingerprint density at radius 3 is 2.52 bits per heavy atom. The van der Waals surface area contributed by atoms with Crippen LogP contribution in [-0.2, 0) is 4.79 Å². The number of nitrogens with zero attached hydrogens (tertiary/aromatic N) is 2. The predicted molar refractivity (Wildman–Crippen MR) is 102 cm³/mol. The van der Waals surface area contributed by atoms with E-state index in [1.54, 1.807) is 25.1 Å². The lowest BCUT2D eigenvalue weighted by atomic mass is 10.1. The van der Waals surface area contributed by atoms with Gasteiger partial charge in [0.2, 0.25) is 0 Å². The number of aryl methyl sites for hydroxylation is 1. The largest absolute Gasteiger partial charge is 0.476 e. The third-order valence-corrected chi connectivity index (χ3v) is 4.77. The van der Waals surface area contributed by atoms with Crippen LogP contribution < -0.4 is 9.64 Å². The molecule has 0 N–H and O–H groups in total. The van der Waals surface area contributed by atoms with E-state index in [0.717, 1.165) is 10.9 Å². The zero-order valence-corrected chi connectivity index (χ0v) is 15.4.